The number of nitrogens with zero attached hydrogens (tertiary/aromatic N) is 3. The first kappa shape index (κ1) is 20.3. The van der Waals surface area contributed by atoms with Gasteiger partial charge in [-0.05, 0) is 43.8 Å². The molecule has 2 N–H and O–H groups in total. The summed E-state index contributed by atoms with van der Waals surface area (Å²) in [5, 5.41) is 12.5. The Morgan fingerprint density at radius 2 is 2.22 bits per heavy atom. The summed E-state index contributed by atoms with van der Waals surface area (Å²) in [4.78, 5) is 13.1. The van der Waals surface area contributed by atoms with Crippen molar-refractivity contribution in [3.05, 3.63) is 38.5 Å². The summed E-state index contributed by atoms with van der Waals surface area (Å²) in [6, 6.07) is 4.93. The van der Waals surface area contributed by atoms with E-state index in [0.29, 0.717) is 24.4 Å². The molecule has 1 aliphatic heterocycles. The van der Waals surface area contributed by atoms with Crippen LogP contribution in [-0.2, 0) is 6.54 Å². The standard InChI is InChI=1S/C20H31N5S2/c1-14(2)19-24-16(13-27-19)12-23-20(21-3)22-11-15-7-5-9-25(4)18(15)17-8-6-10-26-17/h6,8,10,13-15,18H,5,7,9,11-12H2,1-4H3,(H2,21,22,23). The van der Waals surface area contributed by atoms with Crippen LogP contribution in [0.3, 0.4) is 0 Å². The highest BCUT2D eigenvalue weighted by molar-refractivity contribution is 7.10. The van der Waals surface area contributed by atoms with Crippen LogP contribution in [-0.4, -0.2) is 43.0 Å². The van der Waals surface area contributed by atoms with E-state index in [2.05, 4.69) is 69.3 Å². The van der Waals surface area contributed by atoms with E-state index in [1.165, 1.54) is 29.3 Å². The second-order valence-electron chi connectivity index (χ2n) is 7.48. The third-order valence-corrected chi connectivity index (χ3v) is 7.23. The third-order valence-electron chi connectivity index (χ3n) is 5.10. The molecule has 0 amide bonds. The molecule has 3 rings (SSSR count). The van der Waals surface area contributed by atoms with Gasteiger partial charge >= 0.3 is 0 Å². The molecule has 1 fully saturated rings. The summed E-state index contributed by atoms with van der Waals surface area (Å²) in [6.45, 7) is 7.18. The lowest BCUT2D eigenvalue weighted by Crippen LogP contribution is -2.44. The average Bonchev–Trinajstić information content (AvgIpc) is 3.34. The Morgan fingerprint density at radius 1 is 1.37 bits per heavy atom. The molecule has 1 saturated heterocycles. The van der Waals surface area contributed by atoms with Crippen LogP contribution in [0.1, 0.15) is 54.2 Å². The summed E-state index contributed by atoms with van der Waals surface area (Å²) in [7, 11) is 4.08. The number of thiazole rings is 1. The zero-order valence-corrected chi connectivity index (χ0v) is 18.4. The van der Waals surface area contributed by atoms with Crippen LogP contribution < -0.4 is 10.6 Å². The number of nitrogens with one attached hydrogen (secondary N) is 2. The van der Waals surface area contributed by atoms with Crippen LogP contribution in [0.4, 0.5) is 0 Å². The summed E-state index contributed by atoms with van der Waals surface area (Å²) in [5.41, 5.74) is 1.08. The van der Waals surface area contributed by atoms with Gasteiger partial charge in [0, 0.05) is 35.8 Å². The van der Waals surface area contributed by atoms with E-state index in [4.69, 9.17) is 0 Å². The van der Waals surface area contributed by atoms with Crippen molar-refractivity contribution in [2.24, 2.45) is 10.9 Å². The van der Waals surface area contributed by atoms with Crippen LogP contribution in [0.25, 0.3) is 0 Å². The first-order valence-corrected chi connectivity index (χ1v) is 11.5. The summed E-state index contributed by atoms with van der Waals surface area (Å²) in [5.74, 6) is 1.93. The maximum atomic E-state index is 4.69. The van der Waals surface area contributed by atoms with Gasteiger partial charge in [-0.3, -0.25) is 9.89 Å². The molecular weight excluding hydrogens is 374 g/mol. The highest BCUT2D eigenvalue weighted by Gasteiger charge is 2.31. The van der Waals surface area contributed by atoms with Crippen molar-refractivity contribution in [3.63, 3.8) is 0 Å². The van der Waals surface area contributed by atoms with E-state index >= 15 is 0 Å². The Balaban J connectivity index is 1.54. The average molecular weight is 406 g/mol. The van der Waals surface area contributed by atoms with E-state index in [9.17, 15) is 0 Å². The van der Waals surface area contributed by atoms with E-state index in [-0.39, 0.29) is 0 Å². The Bertz CT molecular complexity index is 723. The van der Waals surface area contributed by atoms with Gasteiger partial charge in [-0.25, -0.2) is 4.98 Å². The number of likely N-dealkylation sites (tertiary alicyclic amines) is 1. The van der Waals surface area contributed by atoms with Crippen LogP contribution in [0, 0.1) is 5.92 Å². The summed E-state index contributed by atoms with van der Waals surface area (Å²) in [6.07, 6.45) is 2.51. The number of guanidine groups is 1. The van der Waals surface area contributed by atoms with Gasteiger partial charge in [0.05, 0.1) is 17.2 Å². The zero-order valence-electron chi connectivity index (χ0n) is 16.7. The molecule has 0 spiro atoms. The minimum absolute atomic E-state index is 0.485. The van der Waals surface area contributed by atoms with Crippen LogP contribution in [0.5, 0.6) is 0 Å². The molecule has 0 radical (unpaired) electrons. The van der Waals surface area contributed by atoms with Gasteiger partial charge in [-0.2, -0.15) is 0 Å². The van der Waals surface area contributed by atoms with Crippen molar-refractivity contribution in [2.75, 3.05) is 27.2 Å². The second-order valence-corrected chi connectivity index (χ2v) is 9.35. The van der Waals surface area contributed by atoms with Gasteiger partial charge in [-0.1, -0.05) is 19.9 Å². The lowest BCUT2D eigenvalue weighted by Gasteiger charge is -2.39. The van der Waals surface area contributed by atoms with Crippen molar-refractivity contribution >= 4 is 28.6 Å². The maximum absolute atomic E-state index is 4.69. The van der Waals surface area contributed by atoms with Crippen molar-refractivity contribution in [1.29, 1.82) is 0 Å². The monoisotopic (exact) mass is 405 g/mol. The predicted octanol–water partition coefficient (Wildman–Crippen LogP) is 4.08. The molecule has 2 unspecified atom stereocenters. The Morgan fingerprint density at radius 3 is 2.89 bits per heavy atom. The highest BCUT2D eigenvalue weighted by atomic mass is 32.1. The largest absolute Gasteiger partial charge is 0.356 e. The van der Waals surface area contributed by atoms with Crippen LogP contribution in [0.15, 0.2) is 27.9 Å². The molecule has 7 heteroatoms. The number of hydrogen-bond donors (Lipinski definition) is 2. The van der Waals surface area contributed by atoms with E-state index < -0.39 is 0 Å². The maximum Gasteiger partial charge on any atom is 0.191 e. The number of piperidine rings is 1. The van der Waals surface area contributed by atoms with Gasteiger partial charge in [0.25, 0.3) is 0 Å². The van der Waals surface area contributed by atoms with Gasteiger partial charge in [0.15, 0.2) is 5.96 Å². The molecule has 27 heavy (non-hydrogen) atoms. The van der Waals surface area contributed by atoms with Gasteiger partial charge in [0.1, 0.15) is 0 Å². The minimum Gasteiger partial charge on any atom is -0.356 e. The molecule has 0 aromatic carbocycles. The lowest BCUT2D eigenvalue weighted by molar-refractivity contribution is 0.125. The highest BCUT2D eigenvalue weighted by Crippen LogP contribution is 2.36. The molecule has 2 aromatic rings. The first-order valence-electron chi connectivity index (χ1n) is 9.71. The molecule has 5 nitrogen and oxygen atoms in total. The van der Waals surface area contributed by atoms with E-state index in [1.54, 1.807) is 11.3 Å². The molecule has 0 aliphatic carbocycles. The van der Waals surface area contributed by atoms with Crippen molar-refractivity contribution < 1.29 is 0 Å². The number of rotatable bonds is 6. The fraction of sp³-hybridized carbons (Fsp3) is 0.600. The fourth-order valence-electron chi connectivity index (χ4n) is 3.67. The predicted molar refractivity (Wildman–Crippen MR) is 117 cm³/mol. The van der Waals surface area contributed by atoms with Crippen LogP contribution in [0.2, 0.25) is 0 Å². The van der Waals surface area contributed by atoms with Crippen molar-refractivity contribution in [2.45, 2.75) is 45.2 Å². The number of aliphatic imine (C=N–C) groups is 1. The second kappa shape index (κ2) is 9.66. The van der Waals surface area contributed by atoms with Gasteiger partial charge in [-0.15, -0.1) is 22.7 Å². The number of thiophene rings is 1. The topological polar surface area (TPSA) is 52.6 Å². The molecule has 0 bridgehead atoms. The summed E-state index contributed by atoms with van der Waals surface area (Å²) < 4.78 is 0. The fourth-order valence-corrected chi connectivity index (χ4v) is 5.49. The zero-order chi connectivity index (χ0) is 19.2. The Hall–Kier alpha value is -1.44. The molecule has 2 atom stereocenters. The quantitative estimate of drug-likeness (QED) is 0.562. The smallest absolute Gasteiger partial charge is 0.191 e. The van der Waals surface area contributed by atoms with E-state index in [0.717, 1.165) is 18.2 Å². The summed E-state index contributed by atoms with van der Waals surface area (Å²) >= 11 is 3.60. The number of aromatic nitrogens is 1. The molecular formula is C20H31N5S2. The third kappa shape index (κ3) is 5.30. The van der Waals surface area contributed by atoms with Gasteiger partial charge in [0.2, 0.25) is 0 Å². The van der Waals surface area contributed by atoms with Crippen molar-refractivity contribution in [3.8, 4) is 0 Å². The number of hydrogen-bond acceptors (Lipinski definition) is 5. The van der Waals surface area contributed by atoms with Crippen molar-refractivity contribution in [1.82, 2.24) is 20.5 Å². The molecule has 0 saturated carbocycles. The first-order chi connectivity index (χ1) is 13.1. The SMILES string of the molecule is CN=C(NCc1csc(C(C)C)n1)NCC1CCCN(C)C1c1cccs1. The Kier molecular flexibility index (Phi) is 7.26. The van der Waals surface area contributed by atoms with Gasteiger partial charge < -0.3 is 10.6 Å². The normalized spacial score (nSPS) is 21.6. The van der Waals surface area contributed by atoms with Crippen LogP contribution >= 0.6 is 22.7 Å². The van der Waals surface area contributed by atoms with E-state index in [1.807, 2.05) is 18.4 Å². The minimum atomic E-state index is 0.485. The molecule has 3 heterocycles. The lowest BCUT2D eigenvalue weighted by atomic mass is 9.88. The molecule has 2 aromatic heterocycles. The Labute approximate surface area is 170 Å². The molecule has 148 valence electrons. The molecule has 1 aliphatic rings.